The van der Waals surface area contributed by atoms with Gasteiger partial charge in [0.25, 0.3) is 0 Å². The van der Waals surface area contributed by atoms with Crippen molar-refractivity contribution in [2.24, 2.45) is 0 Å². The Morgan fingerprint density at radius 2 is 0.793 bits per heavy atom. The molecule has 0 bridgehead atoms. The average Bonchev–Trinajstić information content (AvgIpc) is 3.45. The summed E-state index contributed by atoms with van der Waals surface area (Å²) in [6, 6.07) is 53.7. The summed E-state index contributed by atoms with van der Waals surface area (Å²) in [6.45, 7) is 9.41. The van der Waals surface area contributed by atoms with E-state index >= 15 is 0 Å². The minimum atomic E-state index is 0. The fourth-order valence-electron chi connectivity index (χ4n) is 7.45. The van der Waals surface area contributed by atoms with Gasteiger partial charge in [-0.3, -0.25) is 0 Å². The van der Waals surface area contributed by atoms with Crippen LogP contribution in [-0.4, -0.2) is 43.6 Å². The van der Waals surface area contributed by atoms with E-state index in [1.165, 1.54) is 77.5 Å². The fraction of sp³-hybridized carbons (Fsp3) is 0.0980. The molecular formula is C51H43B2BrCl2MgO. The predicted octanol–water partition coefficient (Wildman–Crippen LogP) is 8.19. The van der Waals surface area contributed by atoms with Gasteiger partial charge in [0.05, 0.1) is 7.11 Å². The third kappa shape index (κ3) is 10.7. The molecule has 7 aromatic carbocycles. The second-order valence-electron chi connectivity index (χ2n) is 14.5. The van der Waals surface area contributed by atoms with Crippen LogP contribution in [0.2, 0.25) is 23.7 Å². The number of hydrogen-bond acceptors (Lipinski definition) is 1. The zero-order chi connectivity index (χ0) is 39.2. The molecule has 7 aromatic rings. The van der Waals surface area contributed by atoms with E-state index in [9.17, 15) is 0 Å². The van der Waals surface area contributed by atoms with Gasteiger partial charge in [-0.25, -0.2) is 0 Å². The zero-order valence-electron chi connectivity index (χ0n) is 33.6. The molecule has 0 unspecified atom stereocenters. The van der Waals surface area contributed by atoms with E-state index < -0.39 is 0 Å². The Morgan fingerprint density at radius 3 is 1.17 bits per heavy atom. The Morgan fingerprint density at radius 1 is 0.448 bits per heavy atom. The van der Waals surface area contributed by atoms with Crippen molar-refractivity contribution in [3.63, 3.8) is 0 Å². The molecule has 0 aromatic heterocycles. The average molecular weight is 869 g/mol. The number of ether oxygens (including phenoxy) is 1. The Balaban J connectivity index is 0.000000200. The van der Waals surface area contributed by atoms with Crippen LogP contribution in [0.4, 0.5) is 0 Å². The first-order valence-electron chi connectivity index (χ1n) is 19.0. The fourth-order valence-corrected chi connectivity index (χ4v) is 7.81. The van der Waals surface area contributed by atoms with Gasteiger partial charge in [0.1, 0.15) is 5.75 Å². The molecule has 0 aliphatic carbocycles. The van der Waals surface area contributed by atoms with Crippen molar-refractivity contribution in [2.75, 3.05) is 7.11 Å². The summed E-state index contributed by atoms with van der Waals surface area (Å²) in [5, 5.41) is 1.55. The van der Waals surface area contributed by atoms with Gasteiger partial charge < -0.3 is 21.7 Å². The van der Waals surface area contributed by atoms with E-state index in [4.69, 9.17) is 27.9 Å². The van der Waals surface area contributed by atoms with Crippen molar-refractivity contribution in [3.8, 4) is 28.0 Å². The Bertz CT molecular complexity index is 2480. The molecule has 2 aliphatic rings. The van der Waals surface area contributed by atoms with E-state index in [1.807, 2.05) is 60.7 Å². The monoisotopic (exact) mass is 866 g/mol. The molecule has 0 atom stereocenters. The minimum absolute atomic E-state index is 0. The normalized spacial score (nSPS) is 11.6. The van der Waals surface area contributed by atoms with Crippen LogP contribution in [0, 0.1) is 19.9 Å². The van der Waals surface area contributed by atoms with Gasteiger partial charge in [0, 0.05) is 10.0 Å². The summed E-state index contributed by atoms with van der Waals surface area (Å²) in [6.07, 6.45) is 8.76. The minimum Gasteiger partial charge on any atom is -1.00 e. The van der Waals surface area contributed by atoms with E-state index in [-0.39, 0.29) is 40.0 Å². The first kappa shape index (κ1) is 44.9. The van der Waals surface area contributed by atoms with Crippen LogP contribution >= 0.6 is 23.2 Å². The molecule has 1 nitrogen and oxygen atoms in total. The number of fused-ring (bicyclic) bond motifs is 4. The second kappa shape index (κ2) is 20.6. The number of halogens is 3. The molecule has 0 N–H and O–H groups in total. The molecule has 7 heteroatoms. The maximum atomic E-state index is 6.06. The van der Waals surface area contributed by atoms with Crippen molar-refractivity contribution >= 4 is 106 Å². The SMILES string of the molecule is CB1c2ccc(Cl)cc2C=Cc2cc(Cl)ccc21.COc1ccc(-c2ccc3c(c2)C=Cc2cc(-c4ccc(C)cc4)ccc2B3C)cc1.Cc1cc[c-]cc1.[Br-].[Mg+2]. The van der Waals surface area contributed by atoms with Crippen LogP contribution in [0.5, 0.6) is 5.75 Å². The van der Waals surface area contributed by atoms with Gasteiger partial charge in [0.15, 0.2) is 0 Å². The van der Waals surface area contributed by atoms with E-state index in [0.29, 0.717) is 13.4 Å². The second-order valence-corrected chi connectivity index (χ2v) is 15.4. The Kier molecular flexibility index (Phi) is 16.0. The van der Waals surface area contributed by atoms with Gasteiger partial charge in [-0.05, 0) is 100.0 Å². The van der Waals surface area contributed by atoms with Gasteiger partial charge in [-0.2, -0.15) is 35.9 Å². The summed E-state index contributed by atoms with van der Waals surface area (Å²) in [5.74, 6) is 0.881. The summed E-state index contributed by atoms with van der Waals surface area (Å²) in [7, 11) is 1.70. The van der Waals surface area contributed by atoms with Crippen molar-refractivity contribution in [1.82, 2.24) is 0 Å². The largest absolute Gasteiger partial charge is 2.00 e. The molecule has 282 valence electrons. The summed E-state index contributed by atoms with van der Waals surface area (Å²) >= 11 is 12.1. The summed E-state index contributed by atoms with van der Waals surface area (Å²) in [4.78, 5) is 0. The Hall–Kier alpha value is -4.22. The maximum absolute atomic E-state index is 6.06. The van der Waals surface area contributed by atoms with Crippen LogP contribution in [0.1, 0.15) is 33.4 Å². The standard InChI is InChI=1S/C29H25BO.C15H11BCl2.C7H7.BrH.Mg/c1-20-4-6-21(7-5-20)23-12-16-28-25(18-23)8-9-26-19-24(13-17-29(26)30(28)2)22-10-14-27(31-3)15-11-22;1-16-14-6-4-12(17)8-10(14)2-3-11-9-13(18)5-7-15(11)16;1-7-5-3-2-4-6-7;;/h4-19H,1-3H3;2-9H,1H3;3-6H,1H3;1H;/q;;-1;;+2/p-1. The van der Waals surface area contributed by atoms with Crippen molar-refractivity contribution in [2.45, 2.75) is 27.5 Å². The van der Waals surface area contributed by atoms with Gasteiger partial charge in [-0.1, -0.05) is 168 Å². The first-order valence-corrected chi connectivity index (χ1v) is 19.8. The molecule has 0 saturated carbocycles. The smallest absolute Gasteiger partial charge is 1.00 e. The molecule has 0 radical (unpaired) electrons. The molecule has 0 saturated heterocycles. The van der Waals surface area contributed by atoms with E-state index in [0.717, 1.165) is 15.8 Å². The number of benzene rings is 7. The van der Waals surface area contributed by atoms with Gasteiger partial charge >= 0.3 is 23.1 Å². The van der Waals surface area contributed by atoms with Gasteiger partial charge in [0.2, 0.25) is 13.4 Å². The number of methoxy groups -OCH3 is 1. The topological polar surface area (TPSA) is 9.23 Å². The van der Waals surface area contributed by atoms with Crippen molar-refractivity contribution in [1.29, 1.82) is 0 Å². The molecule has 0 amide bonds. The molecular weight excluding hydrogens is 825 g/mol. The number of aryl methyl sites for hydroxylation is 2. The van der Waals surface area contributed by atoms with E-state index in [2.05, 4.69) is 143 Å². The van der Waals surface area contributed by atoms with Crippen LogP contribution in [0.3, 0.4) is 0 Å². The molecule has 58 heavy (non-hydrogen) atoms. The predicted molar refractivity (Wildman–Crippen MR) is 253 cm³/mol. The zero-order valence-corrected chi connectivity index (χ0v) is 38.1. The molecule has 9 rings (SSSR count). The quantitative estimate of drug-likeness (QED) is 0.129. The van der Waals surface area contributed by atoms with Crippen molar-refractivity contribution < 1.29 is 21.7 Å². The molecule has 0 fully saturated rings. The van der Waals surface area contributed by atoms with Crippen LogP contribution in [0.25, 0.3) is 46.6 Å². The molecule has 2 aliphatic heterocycles. The summed E-state index contributed by atoms with van der Waals surface area (Å²) in [5.41, 5.74) is 17.8. The molecule has 2 heterocycles. The third-order valence-corrected chi connectivity index (χ3v) is 11.2. The number of hydrogen-bond donors (Lipinski definition) is 0. The Labute approximate surface area is 382 Å². The summed E-state index contributed by atoms with van der Waals surface area (Å²) < 4.78 is 5.30. The van der Waals surface area contributed by atoms with Crippen LogP contribution in [-0.2, 0) is 0 Å². The number of rotatable bonds is 3. The molecule has 0 spiro atoms. The van der Waals surface area contributed by atoms with Gasteiger partial charge in [-0.15, -0.1) is 0 Å². The third-order valence-electron chi connectivity index (χ3n) is 10.7. The van der Waals surface area contributed by atoms with E-state index in [1.54, 1.807) is 7.11 Å². The van der Waals surface area contributed by atoms with Crippen LogP contribution < -0.4 is 43.6 Å². The first-order chi connectivity index (χ1) is 27.2. The van der Waals surface area contributed by atoms with Crippen molar-refractivity contribution in [3.05, 3.63) is 195 Å². The van der Waals surface area contributed by atoms with Crippen LogP contribution in [0.15, 0.2) is 146 Å². The maximum Gasteiger partial charge on any atom is 2.00 e.